The normalized spacial score (nSPS) is 12.8. The molecule has 5 N–H and O–H groups in total. The minimum absolute atomic E-state index is 0.0181. The van der Waals surface area contributed by atoms with Crippen molar-refractivity contribution in [1.82, 2.24) is 5.06 Å². The Morgan fingerprint density at radius 2 is 1.79 bits per heavy atom. The molecule has 0 aromatic heterocycles. The second-order valence-corrected chi connectivity index (χ2v) is 6.39. The van der Waals surface area contributed by atoms with E-state index in [1.54, 1.807) is 0 Å². The summed E-state index contributed by atoms with van der Waals surface area (Å²) in [6.07, 6.45) is -1.40. The highest BCUT2D eigenvalue weighted by molar-refractivity contribution is 6.35. The molecule has 0 aliphatic carbocycles. The SMILES string of the molecule is CN(O)C(=O)C(=O)CC(O)(Cc1cccc([N+](=O)[O-])c1)c1ccc(O)c(O)c1O. The number of hydrogen-bond acceptors (Lipinski definition) is 9. The quantitative estimate of drug-likeness (QED) is 0.147. The average molecular weight is 406 g/mol. The van der Waals surface area contributed by atoms with E-state index in [4.69, 9.17) is 5.21 Å². The Bertz CT molecular complexity index is 974. The number of hydroxylamine groups is 2. The standard InChI is InChI=1S/C18H18N2O9/c1-19(27)17(25)14(22)9-18(26,12-5-6-13(21)16(24)15(12)23)8-10-3-2-4-11(7-10)20(28)29/h2-7,21,23-24,26-27H,8-9H2,1H3. The van der Waals surface area contributed by atoms with Crippen LogP contribution in [0.3, 0.4) is 0 Å². The molecule has 29 heavy (non-hydrogen) atoms. The van der Waals surface area contributed by atoms with Gasteiger partial charge in [-0.05, 0) is 17.7 Å². The van der Waals surface area contributed by atoms with Gasteiger partial charge >= 0.3 is 5.91 Å². The lowest BCUT2D eigenvalue weighted by Gasteiger charge is -2.29. The smallest absolute Gasteiger partial charge is 0.313 e. The maximum atomic E-state index is 12.2. The number of hydrogen-bond donors (Lipinski definition) is 5. The summed E-state index contributed by atoms with van der Waals surface area (Å²) in [6.45, 7) is 0. The third kappa shape index (κ3) is 4.59. The van der Waals surface area contributed by atoms with Crippen molar-refractivity contribution in [2.45, 2.75) is 18.4 Å². The van der Waals surface area contributed by atoms with Crippen LogP contribution in [0.25, 0.3) is 0 Å². The van der Waals surface area contributed by atoms with Crippen molar-refractivity contribution in [3.63, 3.8) is 0 Å². The number of aliphatic hydroxyl groups is 1. The van der Waals surface area contributed by atoms with Crippen molar-refractivity contribution >= 4 is 17.4 Å². The fraction of sp³-hybridized carbons (Fsp3) is 0.222. The van der Waals surface area contributed by atoms with Crippen molar-refractivity contribution in [2.75, 3.05) is 7.05 Å². The Labute approximate surface area is 163 Å². The number of aromatic hydroxyl groups is 3. The predicted molar refractivity (Wildman–Crippen MR) is 96.3 cm³/mol. The molecular weight excluding hydrogens is 388 g/mol. The number of nitro benzene ring substituents is 1. The molecule has 0 saturated heterocycles. The van der Waals surface area contributed by atoms with Crippen LogP contribution in [-0.2, 0) is 21.6 Å². The van der Waals surface area contributed by atoms with Crippen LogP contribution in [0, 0.1) is 10.1 Å². The van der Waals surface area contributed by atoms with Crippen LogP contribution in [0.4, 0.5) is 5.69 Å². The lowest BCUT2D eigenvalue weighted by molar-refractivity contribution is -0.384. The number of rotatable bonds is 7. The van der Waals surface area contributed by atoms with Gasteiger partial charge in [0.15, 0.2) is 11.5 Å². The Morgan fingerprint density at radius 1 is 1.14 bits per heavy atom. The van der Waals surface area contributed by atoms with Crippen LogP contribution in [0.5, 0.6) is 17.2 Å². The first-order valence-corrected chi connectivity index (χ1v) is 8.16. The minimum Gasteiger partial charge on any atom is -0.504 e. The van der Waals surface area contributed by atoms with Gasteiger partial charge in [0, 0.05) is 37.6 Å². The van der Waals surface area contributed by atoms with Crippen LogP contribution in [0.1, 0.15) is 17.5 Å². The molecule has 0 heterocycles. The molecule has 2 rings (SSSR count). The summed E-state index contributed by atoms with van der Waals surface area (Å²) in [6, 6.07) is 7.08. The number of phenols is 3. The van der Waals surface area contributed by atoms with E-state index >= 15 is 0 Å². The van der Waals surface area contributed by atoms with E-state index in [-0.39, 0.29) is 16.3 Å². The van der Waals surface area contributed by atoms with E-state index in [0.717, 1.165) is 25.2 Å². The number of likely N-dealkylation sites (N-methyl/N-ethyl adjacent to an activating group) is 1. The van der Waals surface area contributed by atoms with Crippen molar-refractivity contribution in [2.24, 2.45) is 0 Å². The van der Waals surface area contributed by atoms with Gasteiger partial charge in [-0.2, -0.15) is 0 Å². The molecule has 11 heteroatoms. The third-order valence-electron chi connectivity index (χ3n) is 4.23. The fourth-order valence-electron chi connectivity index (χ4n) is 2.84. The molecule has 0 fully saturated rings. The summed E-state index contributed by atoms with van der Waals surface area (Å²) < 4.78 is 0. The lowest BCUT2D eigenvalue weighted by atomic mass is 9.82. The third-order valence-corrected chi connectivity index (χ3v) is 4.23. The zero-order chi connectivity index (χ0) is 21.9. The molecule has 2 aromatic rings. The van der Waals surface area contributed by atoms with E-state index in [1.165, 1.54) is 18.2 Å². The molecule has 0 aliphatic heterocycles. The largest absolute Gasteiger partial charge is 0.504 e. The first-order chi connectivity index (χ1) is 13.5. The summed E-state index contributed by atoms with van der Waals surface area (Å²) >= 11 is 0. The Hall–Kier alpha value is -3.70. The number of benzene rings is 2. The fourth-order valence-corrected chi connectivity index (χ4v) is 2.84. The zero-order valence-corrected chi connectivity index (χ0v) is 15.1. The van der Waals surface area contributed by atoms with Gasteiger partial charge in [0.05, 0.1) is 4.92 Å². The molecule has 0 aliphatic rings. The van der Waals surface area contributed by atoms with Gasteiger partial charge in [-0.1, -0.05) is 12.1 Å². The summed E-state index contributed by atoms with van der Waals surface area (Å²) in [5.74, 6) is -5.16. The van der Waals surface area contributed by atoms with Crippen molar-refractivity contribution < 1.29 is 40.1 Å². The molecular formula is C18H18N2O9. The van der Waals surface area contributed by atoms with E-state index in [1.807, 2.05) is 0 Å². The van der Waals surface area contributed by atoms with E-state index in [9.17, 15) is 40.1 Å². The second kappa shape index (κ2) is 8.12. The Kier molecular flexibility index (Phi) is 6.05. The molecule has 1 unspecified atom stereocenters. The molecule has 0 radical (unpaired) electrons. The maximum absolute atomic E-state index is 12.2. The highest BCUT2D eigenvalue weighted by Gasteiger charge is 2.38. The first kappa shape index (κ1) is 21.6. The Balaban J connectivity index is 2.55. The van der Waals surface area contributed by atoms with Gasteiger partial charge in [-0.3, -0.25) is 24.9 Å². The molecule has 0 spiro atoms. The van der Waals surface area contributed by atoms with Crippen LogP contribution < -0.4 is 0 Å². The van der Waals surface area contributed by atoms with Crippen molar-refractivity contribution in [3.8, 4) is 17.2 Å². The number of amides is 1. The number of ketones is 1. The topological polar surface area (TPSA) is 182 Å². The minimum atomic E-state index is -2.31. The molecule has 154 valence electrons. The van der Waals surface area contributed by atoms with Gasteiger partial charge in [-0.25, -0.2) is 5.06 Å². The summed E-state index contributed by atoms with van der Waals surface area (Å²) in [4.78, 5) is 34.2. The van der Waals surface area contributed by atoms with Crippen LogP contribution in [0.2, 0.25) is 0 Å². The number of carbonyl (C=O) groups is 2. The van der Waals surface area contributed by atoms with Gasteiger partial charge in [-0.15, -0.1) is 0 Å². The van der Waals surface area contributed by atoms with Gasteiger partial charge in [0.25, 0.3) is 5.69 Å². The molecule has 2 aromatic carbocycles. The van der Waals surface area contributed by atoms with Crippen LogP contribution >= 0.6 is 0 Å². The van der Waals surface area contributed by atoms with E-state index in [0.29, 0.717) is 0 Å². The first-order valence-electron chi connectivity index (χ1n) is 8.16. The van der Waals surface area contributed by atoms with Gasteiger partial charge < -0.3 is 20.4 Å². The van der Waals surface area contributed by atoms with E-state index in [2.05, 4.69) is 0 Å². The lowest BCUT2D eigenvalue weighted by Crippen LogP contribution is -2.38. The number of carbonyl (C=O) groups excluding carboxylic acids is 2. The number of phenolic OH excluding ortho intramolecular Hbond substituents is 3. The molecule has 1 atom stereocenters. The van der Waals surface area contributed by atoms with Crippen molar-refractivity contribution in [1.29, 1.82) is 0 Å². The van der Waals surface area contributed by atoms with Crippen LogP contribution in [-0.4, -0.2) is 54.4 Å². The number of non-ortho nitro benzene ring substituents is 1. The number of nitro groups is 1. The number of Topliss-reactive ketones (excluding diaryl/α,β-unsaturated/α-hetero) is 1. The molecule has 1 amide bonds. The summed E-state index contributed by atoms with van der Waals surface area (Å²) in [5, 5.41) is 60.7. The van der Waals surface area contributed by atoms with Gasteiger partial charge in [0.1, 0.15) is 5.60 Å². The average Bonchev–Trinajstić information content (AvgIpc) is 2.65. The summed E-state index contributed by atoms with van der Waals surface area (Å²) in [5.41, 5.74) is -2.82. The number of nitrogens with zero attached hydrogens (tertiary/aromatic N) is 2. The molecule has 0 bridgehead atoms. The van der Waals surface area contributed by atoms with E-state index < -0.39 is 57.9 Å². The highest BCUT2D eigenvalue weighted by Crippen LogP contribution is 2.44. The monoisotopic (exact) mass is 406 g/mol. The van der Waals surface area contributed by atoms with Crippen molar-refractivity contribution in [3.05, 3.63) is 57.6 Å². The van der Waals surface area contributed by atoms with Gasteiger partial charge in [0.2, 0.25) is 11.5 Å². The predicted octanol–water partition coefficient (Wildman–Crippen LogP) is 0.949. The second-order valence-electron chi connectivity index (χ2n) is 6.39. The molecule has 11 nitrogen and oxygen atoms in total. The van der Waals surface area contributed by atoms with Crippen LogP contribution in [0.15, 0.2) is 36.4 Å². The highest BCUT2D eigenvalue weighted by atomic mass is 16.6. The maximum Gasteiger partial charge on any atom is 0.313 e. The zero-order valence-electron chi connectivity index (χ0n) is 15.1. The Morgan fingerprint density at radius 3 is 2.38 bits per heavy atom. The summed E-state index contributed by atoms with van der Waals surface area (Å²) in [7, 11) is 0.906. The molecule has 0 saturated carbocycles.